The van der Waals surface area contributed by atoms with Gasteiger partial charge in [0.2, 0.25) is 0 Å². The van der Waals surface area contributed by atoms with E-state index in [1.54, 1.807) is 0 Å². The summed E-state index contributed by atoms with van der Waals surface area (Å²) in [5.41, 5.74) is 6.07. The number of aromatic nitrogens is 2. The van der Waals surface area contributed by atoms with Gasteiger partial charge >= 0.3 is 0 Å². The van der Waals surface area contributed by atoms with Crippen LogP contribution in [0.4, 0.5) is 5.82 Å². The lowest BCUT2D eigenvalue weighted by Gasteiger charge is -2.36. The maximum atomic E-state index is 11.1. The van der Waals surface area contributed by atoms with E-state index in [1.165, 1.54) is 5.56 Å². The van der Waals surface area contributed by atoms with Crippen molar-refractivity contribution in [1.29, 1.82) is 5.26 Å². The number of aryl methyl sites for hydroxylation is 1. The monoisotopic (exact) mass is 478 g/mol. The summed E-state index contributed by atoms with van der Waals surface area (Å²) in [7, 11) is 0. The number of rotatable bonds is 9. The van der Waals surface area contributed by atoms with Crippen molar-refractivity contribution in [3.05, 3.63) is 88.6 Å². The van der Waals surface area contributed by atoms with E-state index in [4.69, 9.17) is 4.98 Å². The van der Waals surface area contributed by atoms with Crippen molar-refractivity contribution in [2.45, 2.75) is 25.8 Å². The van der Waals surface area contributed by atoms with Crippen molar-refractivity contribution in [1.82, 2.24) is 14.9 Å². The van der Waals surface area contributed by atoms with Crippen LogP contribution in [0.25, 0.3) is 22.0 Å². The minimum atomic E-state index is 0.132. The Balaban J connectivity index is 1.14. The molecule has 0 amide bonds. The van der Waals surface area contributed by atoms with Crippen LogP contribution >= 0.6 is 0 Å². The average Bonchev–Trinajstić information content (AvgIpc) is 3.34. The van der Waals surface area contributed by atoms with Gasteiger partial charge < -0.3 is 9.88 Å². The van der Waals surface area contributed by atoms with E-state index >= 15 is 0 Å². The summed E-state index contributed by atoms with van der Waals surface area (Å²) in [6, 6.07) is 20.2. The van der Waals surface area contributed by atoms with Crippen LogP contribution < -0.4 is 4.90 Å². The normalized spacial score (nSPS) is 14.1. The van der Waals surface area contributed by atoms with Gasteiger partial charge in [0.25, 0.3) is 0 Å². The number of H-pyrrole nitrogens is 1. The van der Waals surface area contributed by atoms with E-state index in [9.17, 15) is 10.2 Å². The van der Waals surface area contributed by atoms with Gasteiger partial charge in [-0.15, -0.1) is 0 Å². The molecule has 5 rings (SSSR count). The van der Waals surface area contributed by atoms with Crippen LogP contribution in [-0.2, 0) is 13.0 Å². The third-order valence-electron chi connectivity index (χ3n) is 7.02. The molecule has 0 saturated carbocycles. The van der Waals surface area contributed by atoms with Crippen molar-refractivity contribution in [2.75, 3.05) is 37.6 Å². The molecule has 0 spiro atoms. The number of benzene rings is 2. The Kier molecular flexibility index (Phi) is 7.34. The molecule has 1 aliphatic rings. The third-order valence-corrected chi connectivity index (χ3v) is 7.02. The molecule has 0 bridgehead atoms. The Hall–Kier alpha value is -4.02. The number of hydrogen-bond donors (Lipinski definition) is 1. The van der Waals surface area contributed by atoms with Crippen molar-refractivity contribution in [2.24, 2.45) is 5.18 Å². The second-order valence-corrected chi connectivity index (χ2v) is 9.33. The molecule has 1 fully saturated rings. The molecule has 0 aliphatic carbocycles. The number of unbranched alkanes of at least 4 members (excludes halogenated alkanes) is 1. The Bertz CT molecular complexity index is 1370. The second-order valence-electron chi connectivity index (χ2n) is 9.33. The molecule has 7 nitrogen and oxygen atoms in total. The zero-order valence-corrected chi connectivity index (χ0v) is 20.4. The molecular weight excluding hydrogens is 448 g/mol. The summed E-state index contributed by atoms with van der Waals surface area (Å²) in [5, 5.41) is 13.5. The smallest absolute Gasteiger partial charge is 0.133 e. The van der Waals surface area contributed by atoms with Crippen molar-refractivity contribution in [3.8, 4) is 17.2 Å². The van der Waals surface area contributed by atoms with Gasteiger partial charge in [-0.2, -0.15) is 10.2 Å². The van der Waals surface area contributed by atoms with E-state index < -0.39 is 0 Å². The van der Waals surface area contributed by atoms with Crippen LogP contribution in [0, 0.1) is 16.2 Å². The molecule has 7 heteroatoms. The molecule has 36 heavy (non-hydrogen) atoms. The van der Waals surface area contributed by atoms with Crippen molar-refractivity contribution in [3.63, 3.8) is 0 Å². The van der Waals surface area contributed by atoms with Crippen LogP contribution in [0.3, 0.4) is 0 Å². The van der Waals surface area contributed by atoms with Crippen LogP contribution in [-0.4, -0.2) is 47.6 Å². The Morgan fingerprint density at radius 1 is 0.972 bits per heavy atom. The molecule has 2 aromatic heterocycles. The summed E-state index contributed by atoms with van der Waals surface area (Å²) in [6.07, 6.45) is 7.23. The van der Waals surface area contributed by atoms with Gasteiger partial charge in [-0.05, 0) is 61.2 Å². The zero-order valence-electron chi connectivity index (χ0n) is 20.4. The molecular formula is C29H30N6O. The number of hydrogen-bond acceptors (Lipinski definition) is 6. The van der Waals surface area contributed by atoms with E-state index in [2.05, 4.69) is 50.4 Å². The lowest BCUT2D eigenvalue weighted by molar-refractivity contribution is 0.252. The number of anilines is 1. The molecule has 4 aromatic rings. The molecule has 0 unspecified atom stereocenters. The molecule has 1 saturated heterocycles. The summed E-state index contributed by atoms with van der Waals surface area (Å²) >= 11 is 0. The van der Waals surface area contributed by atoms with Crippen LogP contribution in [0.5, 0.6) is 0 Å². The van der Waals surface area contributed by atoms with Gasteiger partial charge in [0.15, 0.2) is 0 Å². The topological polar surface area (TPSA) is 88.4 Å². The Morgan fingerprint density at radius 2 is 1.81 bits per heavy atom. The van der Waals surface area contributed by atoms with E-state index in [1.807, 2.05) is 42.6 Å². The Labute approximate surface area is 211 Å². The summed E-state index contributed by atoms with van der Waals surface area (Å²) < 4.78 is 0. The predicted octanol–water partition coefficient (Wildman–Crippen LogP) is 5.51. The minimum absolute atomic E-state index is 0.132. The number of nitroso groups, excluding NO2 is 1. The average molecular weight is 479 g/mol. The fraction of sp³-hybridized carbons (Fsp3) is 0.310. The largest absolute Gasteiger partial charge is 0.361 e. The van der Waals surface area contributed by atoms with Gasteiger partial charge in [0.1, 0.15) is 12.4 Å². The van der Waals surface area contributed by atoms with Crippen LogP contribution in [0.2, 0.25) is 0 Å². The highest BCUT2D eigenvalue weighted by atomic mass is 16.3. The number of fused-ring (bicyclic) bond motifs is 1. The van der Waals surface area contributed by atoms with Gasteiger partial charge in [-0.25, -0.2) is 4.98 Å². The maximum absolute atomic E-state index is 11.1. The number of pyridine rings is 1. The summed E-state index contributed by atoms with van der Waals surface area (Å²) in [5.74, 6) is 0.880. The highest BCUT2D eigenvalue weighted by Gasteiger charge is 2.20. The molecule has 1 N–H and O–H groups in total. The van der Waals surface area contributed by atoms with Crippen molar-refractivity contribution < 1.29 is 0 Å². The summed E-state index contributed by atoms with van der Waals surface area (Å²) in [6.45, 7) is 4.95. The number of nitrogens with zero attached hydrogens (tertiary/aromatic N) is 5. The number of nitrogens with one attached hydrogen (secondary N) is 1. The highest BCUT2D eigenvalue weighted by molar-refractivity contribution is 5.84. The quantitative estimate of drug-likeness (QED) is 0.253. The standard InChI is InChI=1S/C29H30N6O/c30-18-22-9-10-28-27(16-22)24(19-31-28)8-4-5-11-34-12-14-35(15-13-34)29-26(21-33-36)17-25(20-32-29)23-6-2-1-3-7-23/h1-3,6-7,9-10,16-17,19-20,31H,4-5,8,11-15,21H2. The molecule has 182 valence electrons. The first-order valence-electron chi connectivity index (χ1n) is 12.6. The molecule has 1 aliphatic heterocycles. The van der Waals surface area contributed by atoms with E-state index in [0.717, 1.165) is 85.4 Å². The first kappa shape index (κ1) is 23.7. The van der Waals surface area contributed by atoms with Gasteiger partial charge in [0, 0.05) is 60.6 Å². The third kappa shape index (κ3) is 5.29. The fourth-order valence-electron chi connectivity index (χ4n) is 5.05. The first-order chi connectivity index (χ1) is 17.7. The number of aromatic amines is 1. The van der Waals surface area contributed by atoms with Gasteiger partial charge in [0.05, 0.1) is 11.6 Å². The minimum Gasteiger partial charge on any atom is -0.361 e. The van der Waals surface area contributed by atoms with Gasteiger partial charge in [-0.3, -0.25) is 4.90 Å². The van der Waals surface area contributed by atoms with Gasteiger partial charge in [-0.1, -0.05) is 35.5 Å². The maximum Gasteiger partial charge on any atom is 0.133 e. The SMILES string of the molecule is N#Cc1ccc2[nH]cc(CCCCN3CCN(c4ncc(-c5ccccc5)cc4CN=O)CC3)c2c1. The highest BCUT2D eigenvalue weighted by Crippen LogP contribution is 2.27. The fourth-order valence-corrected chi connectivity index (χ4v) is 5.05. The summed E-state index contributed by atoms with van der Waals surface area (Å²) in [4.78, 5) is 24.0. The van der Waals surface area contributed by atoms with E-state index in [0.29, 0.717) is 5.56 Å². The zero-order chi connectivity index (χ0) is 24.7. The van der Waals surface area contributed by atoms with E-state index in [-0.39, 0.29) is 6.54 Å². The van der Waals surface area contributed by atoms with Crippen LogP contribution in [0.15, 0.2) is 72.2 Å². The molecule has 0 radical (unpaired) electrons. The molecule has 0 atom stereocenters. The number of piperazine rings is 1. The molecule has 3 heterocycles. The van der Waals surface area contributed by atoms with Crippen LogP contribution in [0.1, 0.15) is 29.5 Å². The lowest BCUT2D eigenvalue weighted by atomic mass is 10.0. The Morgan fingerprint density at radius 3 is 2.58 bits per heavy atom. The predicted molar refractivity (Wildman–Crippen MR) is 144 cm³/mol. The second kappa shape index (κ2) is 11.1. The number of nitriles is 1. The van der Waals surface area contributed by atoms with Crippen molar-refractivity contribution >= 4 is 16.7 Å². The molecule has 2 aromatic carbocycles. The first-order valence-corrected chi connectivity index (χ1v) is 12.6. The lowest BCUT2D eigenvalue weighted by Crippen LogP contribution is -2.47.